The minimum Gasteiger partial charge on any atom is -0.278 e. The molecule has 0 aromatic heterocycles. The quantitative estimate of drug-likeness (QED) is 0.431. The Morgan fingerprint density at radius 2 is 2.33 bits per heavy atom. The molecule has 0 aromatic rings. The number of hydrogen-bond acceptors (Lipinski definition) is 2. The summed E-state index contributed by atoms with van der Waals surface area (Å²) in [6.45, 7) is -0.246. The molecule has 0 aliphatic rings. The summed E-state index contributed by atoms with van der Waals surface area (Å²) < 4.78 is 11.1. The van der Waals surface area contributed by atoms with E-state index in [4.69, 9.17) is 5.14 Å². The van der Waals surface area contributed by atoms with Crippen LogP contribution in [0.25, 0.3) is 0 Å². The molecule has 0 radical (unpaired) electrons. The summed E-state index contributed by atoms with van der Waals surface area (Å²) >= 11 is 1.19. The van der Waals surface area contributed by atoms with Gasteiger partial charge in [-0.05, 0) is 6.42 Å². The molecule has 2 N–H and O–H groups in total. The third-order valence-corrected chi connectivity index (χ3v) is 0.920. The van der Waals surface area contributed by atoms with Crippen molar-refractivity contribution in [1.29, 1.82) is 0 Å². The molecule has 6 heavy (non-hydrogen) atoms. The van der Waals surface area contributed by atoms with Crippen LogP contribution in [0, 0.1) is 0 Å². The average Bonchev–Trinajstić information content (AvgIpc) is 1.61. The highest BCUT2D eigenvalue weighted by Gasteiger charge is 1.78. The number of halogens is 1. The van der Waals surface area contributed by atoms with Crippen LogP contribution < -0.4 is 5.14 Å². The summed E-state index contributed by atoms with van der Waals surface area (Å²) in [4.78, 5) is 0. The Morgan fingerprint density at radius 1 is 1.67 bits per heavy atom. The minimum atomic E-state index is -0.246. The van der Waals surface area contributed by atoms with E-state index in [9.17, 15) is 4.39 Å². The highest BCUT2D eigenvalue weighted by molar-refractivity contribution is 7.97. The SMILES string of the molecule is NSCCCF. The van der Waals surface area contributed by atoms with Gasteiger partial charge < -0.3 is 0 Å². The van der Waals surface area contributed by atoms with Gasteiger partial charge in [-0.1, -0.05) is 11.9 Å². The maximum Gasteiger partial charge on any atom is 0.0902 e. The summed E-state index contributed by atoms with van der Waals surface area (Å²) in [6, 6.07) is 0. The lowest BCUT2D eigenvalue weighted by atomic mass is 10.6. The zero-order valence-corrected chi connectivity index (χ0v) is 4.30. The van der Waals surface area contributed by atoms with Gasteiger partial charge in [0, 0.05) is 5.75 Å². The lowest BCUT2D eigenvalue weighted by Gasteiger charge is -1.84. The molecule has 0 bridgehead atoms. The van der Waals surface area contributed by atoms with Gasteiger partial charge in [0.05, 0.1) is 6.67 Å². The van der Waals surface area contributed by atoms with Crippen LogP contribution in [0.3, 0.4) is 0 Å². The second-order valence-electron chi connectivity index (χ2n) is 0.913. The van der Waals surface area contributed by atoms with E-state index in [-0.39, 0.29) is 6.67 Å². The lowest BCUT2D eigenvalue weighted by Crippen LogP contribution is -1.85. The number of nitrogens with two attached hydrogens (primary N) is 1. The van der Waals surface area contributed by atoms with Crippen LogP contribution in [-0.2, 0) is 0 Å². The standard InChI is InChI=1S/C3H8FNS/c4-2-1-3-6-5/h1-3,5H2. The molecule has 0 rings (SSSR count). The summed E-state index contributed by atoms with van der Waals surface area (Å²) in [5.74, 6) is 0.733. The second kappa shape index (κ2) is 5.24. The summed E-state index contributed by atoms with van der Waals surface area (Å²) in [5.41, 5.74) is 0. The van der Waals surface area contributed by atoms with Crippen LogP contribution in [0.1, 0.15) is 6.42 Å². The maximum absolute atomic E-state index is 11.1. The zero-order valence-electron chi connectivity index (χ0n) is 3.48. The van der Waals surface area contributed by atoms with Gasteiger partial charge in [-0.2, -0.15) is 0 Å². The molecule has 0 spiro atoms. The highest BCUT2D eigenvalue weighted by Crippen LogP contribution is 1.89. The Balaban J connectivity index is 2.34. The molecular weight excluding hydrogens is 101 g/mol. The number of alkyl halides is 1. The first-order chi connectivity index (χ1) is 2.91. The smallest absolute Gasteiger partial charge is 0.0902 e. The Labute approximate surface area is 41.2 Å². The monoisotopic (exact) mass is 109 g/mol. The van der Waals surface area contributed by atoms with Gasteiger partial charge in [-0.15, -0.1) is 0 Å². The Kier molecular flexibility index (Phi) is 5.45. The van der Waals surface area contributed by atoms with Gasteiger partial charge in [-0.3, -0.25) is 9.53 Å². The number of rotatable bonds is 3. The molecule has 0 aliphatic carbocycles. The Morgan fingerprint density at radius 3 is 2.50 bits per heavy atom. The van der Waals surface area contributed by atoms with Gasteiger partial charge in [0.15, 0.2) is 0 Å². The number of hydrogen-bond donors (Lipinski definition) is 1. The first kappa shape index (κ1) is 6.24. The topological polar surface area (TPSA) is 26.0 Å². The lowest BCUT2D eigenvalue weighted by molar-refractivity contribution is 0.489. The van der Waals surface area contributed by atoms with Crippen molar-refractivity contribution >= 4 is 11.9 Å². The largest absolute Gasteiger partial charge is 0.278 e. The van der Waals surface area contributed by atoms with Crippen molar-refractivity contribution in [3.8, 4) is 0 Å². The van der Waals surface area contributed by atoms with Gasteiger partial charge in [-0.25, -0.2) is 0 Å². The fourth-order valence-electron chi connectivity index (χ4n) is 0.138. The van der Waals surface area contributed by atoms with Gasteiger partial charge >= 0.3 is 0 Å². The van der Waals surface area contributed by atoms with E-state index in [1.165, 1.54) is 11.9 Å². The predicted molar refractivity (Wildman–Crippen MR) is 27.2 cm³/mol. The van der Waals surface area contributed by atoms with E-state index in [0.29, 0.717) is 6.42 Å². The molecule has 0 amide bonds. The van der Waals surface area contributed by atoms with Crippen molar-refractivity contribution in [3.05, 3.63) is 0 Å². The first-order valence-corrected chi connectivity index (χ1v) is 2.84. The van der Waals surface area contributed by atoms with Crippen molar-refractivity contribution in [3.63, 3.8) is 0 Å². The second-order valence-corrected chi connectivity index (χ2v) is 1.65. The van der Waals surface area contributed by atoms with Crippen molar-refractivity contribution in [2.24, 2.45) is 5.14 Å². The summed E-state index contributed by atoms with van der Waals surface area (Å²) in [7, 11) is 0. The van der Waals surface area contributed by atoms with E-state index >= 15 is 0 Å². The molecule has 38 valence electrons. The van der Waals surface area contributed by atoms with Crippen molar-refractivity contribution in [2.45, 2.75) is 6.42 Å². The van der Waals surface area contributed by atoms with E-state index in [1.54, 1.807) is 0 Å². The third kappa shape index (κ3) is 4.24. The summed E-state index contributed by atoms with van der Waals surface area (Å²) in [5, 5.41) is 4.96. The van der Waals surface area contributed by atoms with Crippen LogP contribution in [0.4, 0.5) is 4.39 Å². The normalized spacial score (nSPS) is 9.00. The molecule has 0 fully saturated rings. The van der Waals surface area contributed by atoms with Gasteiger partial charge in [0.1, 0.15) is 0 Å². The molecule has 0 unspecified atom stereocenters. The van der Waals surface area contributed by atoms with E-state index in [0.717, 1.165) is 5.75 Å². The molecule has 3 heteroatoms. The zero-order chi connectivity index (χ0) is 4.83. The Bertz CT molecular complexity index is 22.8. The average molecular weight is 109 g/mol. The van der Waals surface area contributed by atoms with Crippen molar-refractivity contribution in [1.82, 2.24) is 0 Å². The maximum atomic E-state index is 11.1. The molecule has 0 aromatic carbocycles. The third-order valence-electron chi connectivity index (χ3n) is 0.396. The summed E-state index contributed by atoms with van der Waals surface area (Å²) in [6.07, 6.45) is 0.584. The molecule has 0 aliphatic heterocycles. The van der Waals surface area contributed by atoms with Crippen LogP contribution in [0.2, 0.25) is 0 Å². The van der Waals surface area contributed by atoms with Crippen LogP contribution in [-0.4, -0.2) is 12.4 Å². The van der Waals surface area contributed by atoms with Crippen LogP contribution >= 0.6 is 11.9 Å². The van der Waals surface area contributed by atoms with Crippen molar-refractivity contribution in [2.75, 3.05) is 12.4 Å². The van der Waals surface area contributed by atoms with Crippen LogP contribution in [0.5, 0.6) is 0 Å². The molecule has 0 atom stereocenters. The van der Waals surface area contributed by atoms with Crippen molar-refractivity contribution < 1.29 is 4.39 Å². The first-order valence-electron chi connectivity index (χ1n) is 1.79. The van der Waals surface area contributed by atoms with E-state index < -0.39 is 0 Å². The minimum absolute atomic E-state index is 0.246. The molecule has 0 heterocycles. The molecule has 1 nitrogen and oxygen atoms in total. The molecule has 0 saturated carbocycles. The molecule has 0 saturated heterocycles. The van der Waals surface area contributed by atoms with Gasteiger partial charge in [0.2, 0.25) is 0 Å². The highest BCUT2D eigenvalue weighted by atomic mass is 32.2. The van der Waals surface area contributed by atoms with E-state index in [1.807, 2.05) is 0 Å². The van der Waals surface area contributed by atoms with Crippen LogP contribution in [0.15, 0.2) is 0 Å². The fraction of sp³-hybridized carbons (Fsp3) is 1.00. The van der Waals surface area contributed by atoms with Gasteiger partial charge in [0.25, 0.3) is 0 Å². The van der Waals surface area contributed by atoms with E-state index in [2.05, 4.69) is 0 Å². The Hall–Kier alpha value is 0.240. The molecular formula is C3H8FNS. The predicted octanol–water partition coefficient (Wildman–Crippen LogP) is 0.953. The fourth-order valence-corrected chi connectivity index (χ4v) is 0.414.